The third-order valence-electron chi connectivity index (χ3n) is 2.55. The maximum absolute atomic E-state index is 11.9. The lowest BCUT2D eigenvalue weighted by molar-refractivity contribution is 0.0527. The second-order valence-electron chi connectivity index (χ2n) is 4.04. The number of rotatable bonds is 5. The van der Waals surface area contributed by atoms with Crippen LogP contribution in [-0.4, -0.2) is 21.0 Å². The fourth-order valence-corrected chi connectivity index (χ4v) is 3.46. The normalized spacial score (nSPS) is 15.4. The van der Waals surface area contributed by atoms with E-state index in [2.05, 4.69) is 4.72 Å². The van der Waals surface area contributed by atoms with Gasteiger partial charge >= 0.3 is 5.97 Å². The van der Waals surface area contributed by atoms with Gasteiger partial charge < -0.3 is 4.74 Å². The van der Waals surface area contributed by atoms with Crippen LogP contribution in [0.25, 0.3) is 0 Å². The Morgan fingerprint density at radius 1 is 1.61 bits per heavy atom. The number of esters is 1. The number of carbonyl (C=O) groups excluding carboxylic acids is 1. The Morgan fingerprint density at radius 3 is 2.78 bits per heavy atom. The van der Waals surface area contributed by atoms with Gasteiger partial charge in [0.15, 0.2) is 0 Å². The Hall–Kier alpha value is -1.12. The van der Waals surface area contributed by atoms with Gasteiger partial charge in [-0.1, -0.05) is 0 Å². The Morgan fingerprint density at radius 2 is 2.28 bits per heavy atom. The van der Waals surface area contributed by atoms with Crippen molar-refractivity contribution in [1.29, 1.82) is 0 Å². The molecule has 0 saturated heterocycles. The summed E-state index contributed by atoms with van der Waals surface area (Å²) in [4.78, 5) is 11.9. The second-order valence-corrected chi connectivity index (χ2v) is 6.21. The highest BCUT2D eigenvalue weighted by Crippen LogP contribution is 2.46. The summed E-state index contributed by atoms with van der Waals surface area (Å²) in [7, 11) is -3.89. The van der Waals surface area contributed by atoms with Crippen molar-refractivity contribution in [2.24, 2.45) is 5.14 Å². The number of carbonyl (C=O) groups is 1. The molecule has 1 fully saturated rings. The molecule has 3 N–H and O–H groups in total. The molecule has 0 aliphatic heterocycles. The highest BCUT2D eigenvalue weighted by molar-refractivity contribution is 7.90. The number of nitrogens with two attached hydrogens (primary N) is 1. The summed E-state index contributed by atoms with van der Waals surface area (Å²) < 4.78 is 29.2. The van der Waals surface area contributed by atoms with Crippen LogP contribution < -0.4 is 9.86 Å². The van der Waals surface area contributed by atoms with Gasteiger partial charge in [-0.25, -0.2) is 9.93 Å². The Balaban J connectivity index is 2.37. The van der Waals surface area contributed by atoms with Crippen molar-refractivity contribution < 1.29 is 17.9 Å². The van der Waals surface area contributed by atoms with Crippen LogP contribution in [0.4, 0.5) is 5.00 Å². The summed E-state index contributed by atoms with van der Waals surface area (Å²) >= 11 is 1.15. The lowest BCUT2D eigenvalue weighted by Gasteiger charge is -2.07. The van der Waals surface area contributed by atoms with Crippen LogP contribution in [0, 0.1) is 0 Å². The Labute approximate surface area is 109 Å². The van der Waals surface area contributed by atoms with Gasteiger partial charge in [0.25, 0.3) is 10.2 Å². The summed E-state index contributed by atoms with van der Waals surface area (Å²) in [5, 5.41) is 6.95. The molecule has 8 heteroatoms. The van der Waals surface area contributed by atoms with Crippen LogP contribution >= 0.6 is 11.3 Å². The summed E-state index contributed by atoms with van der Waals surface area (Å²) in [6.45, 7) is 1.95. The first-order valence-corrected chi connectivity index (χ1v) is 7.94. The van der Waals surface area contributed by atoms with Crippen molar-refractivity contribution >= 4 is 32.5 Å². The van der Waals surface area contributed by atoms with Gasteiger partial charge in [-0.2, -0.15) is 8.42 Å². The van der Waals surface area contributed by atoms with Gasteiger partial charge in [-0.05, 0) is 36.6 Å². The van der Waals surface area contributed by atoms with Crippen molar-refractivity contribution in [3.63, 3.8) is 0 Å². The summed E-state index contributed by atoms with van der Waals surface area (Å²) in [6.07, 6.45) is 2.02. The predicted octanol–water partition coefficient (Wildman–Crippen LogP) is 1.42. The minimum atomic E-state index is -3.89. The van der Waals surface area contributed by atoms with Crippen LogP contribution in [0.5, 0.6) is 0 Å². The van der Waals surface area contributed by atoms with Crippen LogP contribution in [0.1, 0.15) is 41.6 Å². The summed E-state index contributed by atoms with van der Waals surface area (Å²) in [5.41, 5.74) is 1.16. The number of anilines is 1. The zero-order chi connectivity index (χ0) is 13.3. The third kappa shape index (κ3) is 3.01. The quantitative estimate of drug-likeness (QED) is 0.801. The third-order valence-corrected chi connectivity index (χ3v) is 4.08. The molecule has 1 aliphatic rings. The van der Waals surface area contributed by atoms with E-state index < -0.39 is 16.2 Å². The van der Waals surface area contributed by atoms with Crippen LogP contribution in [-0.2, 0) is 14.9 Å². The zero-order valence-electron chi connectivity index (χ0n) is 9.80. The first-order chi connectivity index (χ1) is 8.42. The molecule has 1 heterocycles. The fraction of sp³-hybridized carbons (Fsp3) is 0.500. The van der Waals surface area contributed by atoms with E-state index in [1.165, 1.54) is 0 Å². The first kappa shape index (κ1) is 13.3. The largest absolute Gasteiger partial charge is 0.462 e. The molecular formula is C10H14N2O4S2. The van der Waals surface area contributed by atoms with Gasteiger partial charge in [-0.3, -0.25) is 4.72 Å². The molecule has 0 radical (unpaired) electrons. The number of hydrogen-bond donors (Lipinski definition) is 2. The maximum atomic E-state index is 11.9. The van der Waals surface area contributed by atoms with E-state index in [-0.39, 0.29) is 11.6 Å². The molecule has 0 spiro atoms. The SMILES string of the molecule is CCOC(=O)c1c(C2CC2)csc1NS(N)(=O)=O. The number of thiophene rings is 1. The Bertz CT molecular complexity index is 560. The molecule has 2 rings (SSSR count). The van der Waals surface area contributed by atoms with Crippen molar-refractivity contribution in [2.45, 2.75) is 25.7 Å². The lowest BCUT2D eigenvalue weighted by Crippen LogP contribution is -2.22. The molecule has 0 unspecified atom stereocenters. The highest BCUT2D eigenvalue weighted by atomic mass is 32.2. The molecule has 6 nitrogen and oxygen atoms in total. The molecule has 1 aromatic rings. The first-order valence-electron chi connectivity index (χ1n) is 5.51. The van der Waals surface area contributed by atoms with Crippen molar-refractivity contribution in [2.75, 3.05) is 11.3 Å². The van der Waals surface area contributed by atoms with E-state index in [0.29, 0.717) is 11.5 Å². The van der Waals surface area contributed by atoms with Crippen molar-refractivity contribution in [3.8, 4) is 0 Å². The van der Waals surface area contributed by atoms with E-state index in [1.54, 1.807) is 12.3 Å². The molecule has 100 valence electrons. The standard InChI is InChI=1S/C10H14N2O4S2/c1-2-16-10(13)8-7(6-3-4-6)5-17-9(8)12-18(11,14)15/h5-6,12H,2-4H2,1H3,(H2,11,14,15). The minimum absolute atomic E-state index is 0.234. The van der Waals surface area contributed by atoms with Gasteiger partial charge in [0, 0.05) is 0 Å². The zero-order valence-corrected chi connectivity index (χ0v) is 11.4. The average Bonchev–Trinajstić information content (AvgIpc) is 2.99. The second kappa shape index (κ2) is 4.87. The van der Waals surface area contributed by atoms with Gasteiger partial charge in [0.2, 0.25) is 0 Å². The highest BCUT2D eigenvalue weighted by Gasteiger charge is 2.32. The van der Waals surface area contributed by atoms with Crippen LogP contribution in [0.3, 0.4) is 0 Å². The number of ether oxygens (including phenoxy) is 1. The molecular weight excluding hydrogens is 276 g/mol. The fourth-order valence-electron chi connectivity index (χ4n) is 1.68. The average molecular weight is 290 g/mol. The van der Waals surface area contributed by atoms with Crippen molar-refractivity contribution in [3.05, 3.63) is 16.5 Å². The van der Waals surface area contributed by atoms with E-state index in [9.17, 15) is 13.2 Å². The number of hydrogen-bond acceptors (Lipinski definition) is 5. The van der Waals surface area contributed by atoms with E-state index in [0.717, 1.165) is 29.7 Å². The van der Waals surface area contributed by atoms with Gasteiger partial charge in [0.05, 0.1) is 12.2 Å². The Kier molecular flexibility index (Phi) is 3.60. The molecule has 18 heavy (non-hydrogen) atoms. The van der Waals surface area contributed by atoms with E-state index in [4.69, 9.17) is 9.88 Å². The lowest BCUT2D eigenvalue weighted by atomic mass is 10.1. The minimum Gasteiger partial charge on any atom is -0.462 e. The topological polar surface area (TPSA) is 98.5 Å². The smallest absolute Gasteiger partial charge is 0.341 e. The molecule has 0 aromatic carbocycles. The maximum Gasteiger partial charge on any atom is 0.341 e. The molecule has 0 bridgehead atoms. The van der Waals surface area contributed by atoms with Gasteiger partial charge in [0.1, 0.15) is 5.00 Å². The molecule has 1 aromatic heterocycles. The monoisotopic (exact) mass is 290 g/mol. The number of nitrogens with one attached hydrogen (secondary N) is 1. The van der Waals surface area contributed by atoms with E-state index in [1.807, 2.05) is 0 Å². The van der Waals surface area contributed by atoms with Crippen molar-refractivity contribution in [1.82, 2.24) is 0 Å². The molecule has 0 amide bonds. The summed E-state index contributed by atoms with van der Waals surface area (Å²) in [5.74, 6) is -0.177. The van der Waals surface area contributed by atoms with E-state index >= 15 is 0 Å². The van der Waals surface area contributed by atoms with Crippen LogP contribution in [0.15, 0.2) is 5.38 Å². The molecule has 1 saturated carbocycles. The van der Waals surface area contributed by atoms with Gasteiger partial charge in [-0.15, -0.1) is 11.3 Å². The molecule has 1 aliphatic carbocycles. The van der Waals surface area contributed by atoms with Crippen LogP contribution in [0.2, 0.25) is 0 Å². The predicted molar refractivity (Wildman–Crippen MR) is 69.0 cm³/mol. The molecule has 0 atom stereocenters. The summed E-state index contributed by atoms with van der Waals surface area (Å²) in [6, 6.07) is 0.